The van der Waals surface area contributed by atoms with Crippen LogP contribution in [0.2, 0.25) is 5.02 Å². The lowest BCUT2D eigenvalue weighted by molar-refractivity contribution is 0.242. The minimum absolute atomic E-state index is 0.112. The van der Waals surface area contributed by atoms with Gasteiger partial charge in [0, 0.05) is 11.3 Å². The van der Waals surface area contributed by atoms with Crippen LogP contribution in [0.1, 0.15) is 32.4 Å². The molecule has 2 aromatic rings. The van der Waals surface area contributed by atoms with E-state index in [9.17, 15) is 0 Å². The molecule has 0 saturated carbocycles. The molecule has 0 aliphatic carbocycles. The standard InChI is InChI=1S/C15H18ClNO2/c1-10(2)19-15-5-4-13(8-14(15)16)17-11(3)12-6-7-18-9-12/h4-11,17H,1-3H3. The summed E-state index contributed by atoms with van der Waals surface area (Å²) in [5.41, 5.74) is 2.05. The first-order valence-corrected chi connectivity index (χ1v) is 6.69. The number of nitrogens with one attached hydrogen (secondary N) is 1. The highest BCUT2D eigenvalue weighted by molar-refractivity contribution is 6.32. The van der Waals surface area contributed by atoms with Gasteiger partial charge >= 0.3 is 0 Å². The van der Waals surface area contributed by atoms with Crippen molar-refractivity contribution in [3.05, 3.63) is 47.4 Å². The molecule has 1 N–H and O–H groups in total. The molecule has 3 nitrogen and oxygen atoms in total. The fourth-order valence-electron chi connectivity index (χ4n) is 1.79. The zero-order chi connectivity index (χ0) is 13.8. The van der Waals surface area contributed by atoms with Crippen LogP contribution >= 0.6 is 11.6 Å². The van der Waals surface area contributed by atoms with E-state index in [1.807, 2.05) is 38.1 Å². The zero-order valence-electron chi connectivity index (χ0n) is 11.3. The van der Waals surface area contributed by atoms with Gasteiger partial charge in [0.15, 0.2) is 0 Å². The summed E-state index contributed by atoms with van der Waals surface area (Å²) in [6, 6.07) is 7.81. The van der Waals surface area contributed by atoms with E-state index in [2.05, 4.69) is 12.2 Å². The van der Waals surface area contributed by atoms with Gasteiger partial charge in [-0.3, -0.25) is 0 Å². The van der Waals surface area contributed by atoms with Crippen molar-refractivity contribution < 1.29 is 9.15 Å². The number of anilines is 1. The number of hydrogen-bond acceptors (Lipinski definition) is 3. The average molecular weight is 280 g/mol. The van der Waals surface area contributed by atoms with Crippen LogP contribution in [0, 0.1) is 0 Å². The molecule has 0 aliphatic rings. The van der Waals surface area contributed by atoms with Gasteiger partial charge in [0.25, 0.3) is 0 Å². The molecule has 1 unspecified atom stereocenters. The monoisotopic (exact) mass is 279 g/mol. The van der Waals surface area contributed by atoms with Gasteiger partial charge in [-0.1, -0.05) is 11.6 Å². The van der Waals surface area contributed by atoms with E-state index in [-0.39, 0.29) is 12.1 Å². The summed E-state index contributed by atoms with van der Waals surface area (Å²) in [7, 11) is 0. The maximum absolute atomic E-state index is 6.20. The second-order valence-corrected chi connectivity index (χ2v) is 5.14. The molecule has 0 radical (unpaired) electrons. The third-order valence-corrected chi connectivity index (χ3v) is 3.02. The molecule has 102 valence electrons. The van der Waals surface area contributed by atoms with E-state index in [4.69, 9.17) is 20.8 Å². The Hall–Kier alpha value is -1.61. The van der Waals surface area contributed by atoms with Gasteiger partial charge in [-0.05, 0) is 45.0 Å². The van der Waals surface area contributed by atoms with E-state index >= 15 is 0 Å². The molecule has 0 saturated heterocycles. The third-order valence-electron chi connectivity index (χ3n) is 2.72. The van der Waals surface area contributed by atoms with Crippen LogP contribution in [0.3, 0.4) is 0 Å². The Morgan fingerprint density at radius 2 is 2.00 bits per heavy atom. The molecule has 1 atom stereocenters. The average Bonchev–Trinajstić information content (AvgIpc) is 2.86. The Bertz CT molecular complexity index is 523. The fourth-order valence-corrected chi connectivity index (χ4v) is 2.02. The van der Waals surface area contributed by atoms with E-state index in [1.165, 1.54) is 0 Å². The molecule has 0 amide bonds. The van der Waals surface area contributed by atoms with Gasteiger partial charge in [0.2, 0.25) is 0 Å². The minimum Gasteiger partial charge on any atom is -0.489 e. The fraction of sp³-hybridized carbons (Fsp3) is 0.333. The molecular weight excluding hydrogens is 262 g/mol. The summed E-state index contributed by atoms with van der Waals surface area (Å²) in [6.07, 6.45) is 3.51. The predicted octanol–water partition coefficient (Wildman–Crippen LogP) is 4.89. The number of halogens is 1. The first kappa shape index (κ1) is 13.8. The smallest absolute Gasteiger partial charge is 0.138 e. The summed E-state index contributed by atoms with van der Waals surface area (Å²) in [5, 5.41) is 3.97. The number of benzene rings is 1. The van der Waals surface area contributed by atoms with E-state index in [0.717, 1.165) is 11.3 Å². The van der Waals surface area contributed by atoms with Gasteiger partial charge in [-0.25, -0.2) is 0 Å². The van der Waals surface area contributed by atoms with Crippen molar-refractivity contribution in [1.82, 2.24) is 0 Å². The highest BCUT2D eigenvalue weighted by Gasteiger charge is 2.09. The van der Waals surface area contributed by atoms with Crippen molar-refractivity contribution in [1.29, 1.82) is 0 Å². The highest BCUT2D eigenvalue weighted by atomic mass is 35.5. The summed E-state index contributed by atoms with van der Waals surface area (Å²) in [5.74, 6) is 0.707. The first-order valence-electron chi connectivity index (χ1n) is 6.31. The van der Waals surface area contributed by atoms with Gasteiger partial charge in [0.1, 0.15) is 5.75 Å². The molecule has 4 heteroatoms. The van der Waals surface area contributed by atoms with E-state index in [0.29, 0.717) is 10.8 Å². The van der Waals surface area contributed by atoms with Crippen molar-refractivity contribution in [3.63, 3.8) is 0 Å². The van der Waals surface area contributed by atoms with Gasteiger partial charge in [-0.2, -0.15) is 0 Å². The maximum Gasteiger partial charge on any atom is 0.138 e. The van der Waals surface area contributed by atoms with Crippen LogP contribution in [-0.4, -0.2) is 6.10 Å². The summed E-state index contributed by atoms with van der Waals surface area (Å²) < 4.78 is 10.7. The number of hydrogen-bond donors (Lipinski definition) is 1. The molecular formula is C15H18ClNO2. The zero-order valence-corrected chi connectivity index (χ0v) is 12.1. The van der Waals surface area contributed by atoms with E-state index < -0.39 is 0 Å². The second-order valence-electron chi connectivity index (χ2n) is 4.73. The lowest BCUT2D eigenvalue weighted by Gasteiger charge is -2.16. The molecule has 0 aliphatic heterocycles. The van der Waals surface area contributed by atoms with Gasteiger partial charge < -0.3 is 14.5 Å². The highest BCUT2D eigenvalue weighted by Crippen LogP contribution is 2.30. The first-order chi connectivity index (χ1) is 9.06. The largest absolute Gasteiger partial charge is 0.489 e. The Labute approximate surface area is 118 Å². The Balaban J connectivity index is 2.07. The molecule has 19 heavy (non-hydrogen) atoms. The predicted molar refractivity (Wildman–Crippen MR) is 78.0 cm³/mol. The molecule has 0 spiro atoms. The Morgan fingerprint density at radius 1 is 1.21 bits per heavy atom. The van der Waals surface area contributed by atoms with Gasteiger partial charge in [-0.15, -0.1) is 0 Å². The van der Waals surface area contributed by atoms with E-state index in [1.54, 1.807) is 12.5 Å². The van der Waals surface area contributed by atoms with Crippen molar-refractivity contribution >= 4 is 17.3 Å². The normalized spacial score (nSPS) is 12.5. The topological polar surface area (TPSA) is 34.4 Å². The number of furan rings is 1. The Kier molecular flexibility index (Phi) is 4.38. The molecule has 1 aromatic heterocycles. The van der Waals surface area contributed by atoms with Crippen molar-refractivity contribution in [2.75, 3.05) is 5.32 Å². The lowest BCUT2D eigenvalue weighted by atomic mass is 10.1. The summed E-state index contributed by atoms with van der Waals surface area (Å²) in [6.45, 7) is 6.02. The lowest BCUT2D eigenvalue weighted by Crippen LogP contribution is -2.07. The van der Waals surface area contributed by atoms with Crippen LogP contribution in [0.5, 0.6) is 5.75 Å². The molecule has 0 fully saturated rings. The van der Waals surface area contributed by atoms with Crippen molar-refractivity contribution in [2.24, 2.45) is 0 Å². The van der Waals surface area contributed by atoms with Crippen molar-refractivity contribution in [2.45, 2.75) is 32.9 Å². The molecule has 1 aromatic carbocycles. The molecule has 0 bridgehead atoms. The minimum atomic E-state index is 0.112. The van der Waals surface area contributed by atoms with Crippen LogP contribution in [0.15, 0.2) is 41.2 Å². The van der Waals surface area contributed by atoms with Crippen LogP contribution < -0.4 is 10.1 Å². The van der Waals surface area contributed by atoms with Crippen molar-refractivity contribution in [3.8, 4) is 5.75 Å². The number of rotatable bonds is 5. The van der Waals surface area contributed by atoms with Gasteiger partial charge in [0.05, 0.1) is 29.7 Å². The van der Waals surface area contributed by atoms with Crippen LogP contribution in [0.4, 0.5) is 5.69 Å². The second kappa shape index (κ2) is 6.02. The molecule has 1 heterocycles. The SMILES string of the molecule is CC(C)Oc1ccc(NC(C)c2ccoc2)cc1Cl. The van der Waals surface area contributed by atoms with Crippen LogP contribution in [0.25, 0.3) is 0 Å². The summed E-state index contributed by atoms with van der Waals surface area (Å²) >= 11 is 6.20. The maximum atomic E-state index is 6.20. The van der Waals surface area contributed by atoms with Crippen LogP contribution in [-0.2, 0) is 0 Å². The molecule has 2 rings (SSSR count). The Morgan fingerprint density at radius 3 is 2.58 bits per heavy atom. The third kappa shape index (κ3) is 3.67. The number of ether oxygens (including phenoxy) is 1. The summed E-state index contributed by atoms with van der Waals surface area (Å²) in [4.78, 5) is 0. The quantitative estimate of drug-likeness (QED) is 0.846.